The minimum atomic E-state index is -0.129. The molecule has 0 aromatic heterocycles. The first-order chi connectivity index (χ1) is 9.19. The van der Waals surface area contributed by atoms with Crippen molar-refractivity contribution < 1.29 is 9.53 Å². The molecule has 4 heteroatoms. The Morgan fingerprint density at radius 2 is 1.95 bits per heavy atom. The van der Waals surface area contributed by atoms with Crippen molar-refractivity contribution in [3.05, 3.63) is 59.7 Å². The predicted molar refractivity (Wildman–Crippen MR) is 75.0 cm³/mol. The van der Waals surface area contributed by atoms with Crippen molar-refractivity contribution in [1.29, 1.82) is 0 Å². The summed E-state index contributed by atoms with van der Waals surface area (Å²) in [5.74, 6) is 0.538. The van der Waals surface area contributed by atoms with Gasteiger partial charge in [0.25, 0.3) is 5.91 Å². The van der Waals surface area contributed by atoms with E-state index in [0.29, 0.717) is 23.5 Å². The van der Waals surface area contributed by atoms with Crippen LogP contribution in [0.25, 0.3) is 0 Å². The first kappa shape index (κ1) is 13.0. The van der Waals surface area contributed by atoms with Gasteiger partial charge in [0.15, 0.2) is 0 Å². The lowest BCUT2D eigenvalue weighted by Crippen LogP contribution is -2.22. The zero-order valence-electron chi connectivity index (χ0n) is 10.7. The Labute approximate surface area is 112 Å². The topological polar surface area (TPSA) is 64.3 Å². The zero-order chi connectivity index (χ0) is 13.7. The highest BCUT2D eigenvalue weighted by Crippen LogP contribution is 2.12. The van der Waals surface area contributed by atoms with E-state index in [-0.39, 0.29) is 5.91 Å². The Kier molecular flexibility index (Phi) is 4.03. The van der Waals surface area contributed by atoms with Crippen molar-refractivity contribution in [3.8, 4) is 5.75 Å². The first-order valence-electron chi connectivity index (χ1n) is 5.96. The van der Waals surface area contributed by atoms with Gasteiger partial charge in [-0.2, -0.15) is 0 Å². The third-order valence-corrected chi connectivity index (χ3v) is 2.76. The van der Waals surface area contributed by atoms with Gasteiger partial charge in [0.05, 0.1) is 7.11 Å². The van der Waals surface area contributed by atoms with E-state index in [0.717, 1.165) is 5.56 Å². The third-order valence-electron chi connectivity index (χ3n) is 2.76. The molecule has 0 atom stereocenters. The molecular formula is C15H16N2O2. The molecule has 2 aromatic carbocycles. The molecule has 2 aromatic rings. The quantitative estimate of drug-likeness (QED) is 0.824. The van der Waals surface area contributed by atoms with Crippen LogP contribution in [0.1, 0.15) is 15.9 Å². The maximum atomic E-state index is 12.0. The van der Waals surface area contributed by atoms with Crippen LogP contribution in [0.5, 0.6) is 5.75 Å². The van der Waals surface area contributed by atoms with Crippen molar-refractivity contribution in [3.63, 3.8) is 0 Å². The summed E-state index contributed by atoms with van der Waals surface area (Å²) in [6.45, 7) is 0.469. The van der Waals surface area contributed by atoms with Gasteiger partial charge in [0.2, 0.25) is 0 Å². The molecule has 2 rings (SSSR count). The lowest BCUT2D eigenvalue weighted by Gasteiger charge is -2.07. The van der Waals surface area contributed by atoms with Crippen LogP contribution in [0.4, 0.5) is 5.69 Å². The highest BCUT2D eigenvalue weighted by molar-refractivity contribution is 5.94. The zero-order valence-corrected chi connectivity index (χ0v) is 10.7. The molecule has 0 aliphatic heterocycles. The fraction of sp³-hybridized carbons (Fsp3) is 0.133. The van der Waals surface area contributed by atoms with Gasteiger partial charge in [-0.05, 0) is 35.9 Å². The largest absolute Gasteiger partial charge is 0.497 e. The molecule has 0 spiro atoms. The summed E-state index contributed by atoms with van der Waals surface area (Å²) in [5, 5.41) is 2.85. The Bertz CT molecular complexity index is 565. The van der Waals surface area contributed by atoms with Gasteiger partial charge >= 0.3 is 0 Å². The van der Waals surface area contributed by atoms with Crippen LogP contribution in [-0.2, 0) is 6.54 Å². The van der Waals surface area contributed by atoms with Crippen molar-refractivity contribution >= 4 is 11.6 Å². The molecule has 0 aliphatic rings. The number of hydrogen-bond donors (Lipinski definition) is 2. The van der Waals surface area contributed by atoms with Crippen LogP contribution in [0, 0.1) is 0 Å². The second kappa shape index (κ2) is 5.91. The number of nitrogen functional groups attached to an aromatic ring is 1. The number of benzene rings is 2. The maximum absolute atomic E-state index is 12.0. The molecule has 0 unspecified atom stereocenters. The maximum Gasteiger partial charge on any atom is 0.251 e. The van der Waals surface area contributed by atoms with E-state index in [1.807, 2.05) is 24.3 Å². The predicted octanol–water partition coefficient (Wildman–Crippen LogP) is 2.21. The second-order valence-corrected chi connectivity index (χ2v) is 4.16. The van der Waals surface area contributed by atoms with E-state index in [1.165, 1.54) is 0 Å². The molecule has 0 fully saturated rings. The molecule has 98 valence electrons. The Balaban J connectivity index is 1.99. The molecule has 3 N–H and O–H groups in total. The van der Waals surface area contributed by atoms with Crippen LogP contribution in [0.3, 0.4) is 0 Å². The average Bonchev–Trinajstić information content (AvgIpc) is 2.46. The van der Waals surface area contributed by atoms with Crippen LogP contribution >= 0.6 is 0 Å². The molecule has 0 heterocycles. The molecule has 0 bridgehead atoms. The molecule has 0 radical (unpaired) electrons. The molecule has 0 saturated heterocycles. The van der Waals surface area contributed by atoms with E-state index in [4.69, 9.17) is 10.5 Å². The number of hydrogen-bond acceptors (Lipinski definition) is 3. The smallest absolute Gasteiger partial charge is 0.251 e. The lowest BCUT2D eigenvalue weighted by atomic mass is 10.1. The number of methoxy groups -OCH3 is 1. The molecule has 1 amide bonds. The number of nitrogens with two attached hydrogens (primary N) is 1. The molecule has 4 nitrogen and oxygen atoms in total. The monoisotopic (exact) mass is 256 g/mol. The normalized spacial score (nSPS) is 9.95. The summed E-state index contributed by atoms with van der Waals surface area (Å²) in [6.07, 6.45) is 0. The van der Waals surface area contributed by atoms with Gasteiger partial charge in [-0.3, -0.25) is 4.79 Å². The third kappa shape index (κ3) is 3.48. The second-order valence-electron chi connectivity index (χ2n) is 4.16. The van der Waals surface area contributed by atoms with Gasteiger partial charge in [0.1, 0.15) is 5.75 Å². The van der Waals surface area contributed by atoms with Crippen molar-refractivity contribution in [2.24, 2.45) is 0 Å². The van der Waals surface area contributed by atoms with Gasteiger partial charge in [-0.15, -0.1) is 0 Å². The van der Waals surface area contributed by atoms with Crippen LogP contribution in [0.15, 0.2) is 48.5 Å². The molecular weight excluding hydrogens is 240 g/mol. The van der Waals surface area contributed by atoms with Gasteiger partial charge in [-0.1, -0.05) is 18.2 Å². The van der Waals surface area contributed by atoms with E-state index >= 15 is 0 Å². The Morgan fingerprint density at radius 3 is 2.63 bits per heavy atom. The average molecular weight is 256 g/mol. The van der Waals surface area contributed by atoms with Gasteiger partial charge < -0.3 is 15.8 Å². The summed E-state index contributed by atoms with van der Waals surface area (Å²) >= 11 is 0. The molecule has 0 aliphatic carbocycles. The van der Waals surface area contributed by atoms with Crippen molar-refractivity contribution in [2.45, 2.75) is 6.54 Å². The SMILES string of the molecule is COc1cccc(C(=O)NCc2ccc(N)cc2)c1. The summed E-state index contributed by atoms with van der Waals surface area (Å²) in [6, 6.07) is 14.5. The summed E-state index contributed by atoms with van der Waals surface area (Å²) in [5.41, 5.74) is 7.90. The summed E-state index contributed by atoms with van der Waals surface area (Å²) in [4.78, 5) is 12.0. The number of anilines is 1. The number of nitrogens with one attached hydrogen (secondary N) is 1. The minimum Gasteiger partial charge on any atom is -0.497 e. The van der Waals surface area contributed by atoms with Crippen LogP contribution in [0.2, 0.25) is 0 Å². The minimum absolute atomic E-state index is 0.129. The van der Waals surface area contributed by atoms with E-state index in [9.17, 15) is 4.79 Å². The first-order valence-corrected chi connectivity index (χ1v) is 5.96. The summed E-state index contributed by atoms with van der Waals surface area (Å²) in [7, 11) is 1.57. The number of ether oxygens (including phenoxy) is 1. The lowest BCUT2D eigenvalue weighted by molar-refractivity contribution is 0.0950. The van der Waals surface area contributed by atoms with E-state index < -0.39 is 0 Å². The highest BCUT2D eigenvalue weighted by Gasteiger charge is 2.06. The highest BCUT2D eigenvalue weighted by atomic mass is 16.5. The Hall–Kier alpha value is -2.49. The van der Waals surface area contributed by atoms with Crippen LogP contribution < -0.4 is 15.8 Å². The van der Waals surface area contributed by atoms with Gasteiger partial charge in [0, 0.05) is 17.8 Å². The van der Waals surface area contributed by atoms with E-state index in [2.05, 4.69) is 5.32 Å². The fourth-order valence-corrected chi connectivity index (χ4v) is 1.68. The van der Waals surface area contributed by atoms with Gasteiger partial charge in [-0.25, -0.2) is 0 Å². The number of carbonyl (C=O) groups is 1. The van der Waals surface area contributed by atoms with Crippen molar-refractivity contribution in [2.75, 3.05) is 12.8 Å². The number of carbonyl (C=O) groups excluding carboxylic acids is 1. The Morgan fingerprint density at radius 1 is 1.21 bits per heavy atom. The summed E-state index contributed by atoms with van der Waals surface area (Å²) < 4.78 is 5.09. The fourth-order valence-electron chi connectivity index (χ4n) is 1.68. The van der Waals surface area contributed by atoms with Crippen LogP contribution in [-0.4, -0.2) is 13.0 Å². The number of amides is 1. The van der Waals surface area contributed by atoms with Crippen molar-refractivity contribution in [1.82, 2.24) is 5.32 Å². The number of rotatable bonds is 4. The molecule has 19 heavy (non-hydrogen) atoms. The standard InChI is InChI=1S/C15H16N2O2/c1-19-14-4-2-3-12(9-14)15(18)17-10-11-5-7-13(16)8-6-11/h2-9H,10,16H2,1H3,(H,17,18). The van der Waals surface area contributed by atoms with E-state index in [1.54, 1.807) is 31.4 Å². The molecule has 0 saturated carbocycles.